The lowest BCUT2D eigenvalue weighted by Gasteiger charge is -2.32. The van der Waals surface area contributed by atoms with Gasteiger partial charge in [-0.2, -0.15) is 0 Å². The zero-order valence-corrected chi connectivity index (χ0v) is 14.3. The van der Waals surface area contributed by atoms with Crippen molar-refractivity contribution in [3.8, 4) is 0 Å². The normalized spacial score (nSPS) is 17.7. The van der Waals surface area contributed by atoms with Gasteiger partial charge >= 0.3 is 11.9 Å². The molecule has 0 aliphatic carbocycles. The van der Waals surface area contributed by atoms with Gasteiger partial charge in [0.2, 0.25) is 11.7 Å². The Bertz CT molecular complexity index is 536. The van der Waals surface area contributed by atoms with Crippen LogP contribution in [0.25, 0.3) is 0 Å². The fourth-order valence-corrected chi connectivity index (χ4v) is 1.87. The Kier molecular flexibility index (Phi) is 10.6. The van der Waals surface area contributed by atoms with E-state index in [2.05, 4.69) is 4.74 Å². The van der Waals surface area contributed by atoms with Crippen LogP contribution in [0.3, 0.4) is 0 Å². The Morgan fingerprint density at radius 3 is 1.96 bits per heavy atom. The summed E-state index contributed by atoms with van der Waals surface area (Å²) in [6.07, 6.45) is -10.8. The second kappa shape index (κ2) is 11.5. The van der Waals surface area contributed by atoms with Gasteiger partial charge in [-0.05, 0) is 6.92 Å². The lowest BCUT2D eigenvalue weighted by Crippen LogP contribution is -2.58. The lowest BCUT2D eigenvalue weighted by atomic mass is 9.94. The summed E-state index contributed by atoms with van der Waals surface area (Å²) in [4.78, 5) is 44.1. The maximum absolute atomic E-state index is 11.3. The van der Waals surface area contributed by atoms with E-state index in [1.165, 1.54) is 0 Å². The van der Waals surface area contributed by atoms with E-state index in [0.29, 0.717) is 0 Å². The van der Waals surface area contributed by atoms with Crippen LogP contribution in [-0.4, -0.2) is 109 Å². The average molecular weight is 397 g/mol. The number of Topliss-reactive ketones (excluding diaryl/α,β-unsaturated/α-hetero) is 1. The molecule has 0 heterocycles. The number of amides is 1. The highest BCUT2D eigenvalue weighted by atomic mass is 16.6. The van der Waals surface area contributed by atoms with E-state index in [-0.39, 0.29) is 0 Å². The summed E-state index contributed by atoms with van der Waals surface area (Å²) >= 11 is 0. The number of ether oxygens (including phenoxy) is 1. The molecule has 0 saturated heterocycles. The molecule has 0 aromatic carbocycles. The maximum Gasteiger partial charge on any atom is 0.372 e. The highest BCUT2D eigenvalue weighted by Crippen LogP contribution is 2.12. The molecule has 8 N–H and O–H groups in total. The number of aliphatic hydroxyl groups excluding tert-OH is 6. The summed E-state index contributed by atoms with van der Waals surface area (Å²) < 4.78 is 4.44. The first-order chi connectivity index (χ1) is 12.4. The number of aliphatic carboxylic acids is 1. The summed E-state index contributed by atoms with van der Waals surface area (Å²) in [5.41, 5.74) is 0. The SMILES string of the molecule is CC(O)C(=O)OC[C@@H](O)[C@@H](O)[C@H](O)[C@H](NC(=O)CO)[C@@H](O)CC(=O)C(=O)O. The molecule has 156 valence electrons. The number of carboxylic acids is 1. The smallest absolute Gasteiger partial charge is 0.372 e. The van der Waals surface area contributed by atoms with Gasteiger partial charge in [0, 0.05) is 6.42 Å². The van der Waals surface area contributed by atoms with E-state index >= 15 is 0 Å². The van der Waals surface area contributed by atoms with Gasteiger partial charge in [-0.1, -0.05) is 0 Å². The molecule has 1 unspecified atom stereocenters. The molecule has 0 bridgehead atoms. The van der Waals surface area contributed by atoms with Crippen molar-refractivity contribution in [1.82, 2.24) is 5.32 Å². The summed E-state index contributed by atoms with van der Waals surface area (Å²) in [6, 6.07) is -1.86. The third kappa shape index (κ3) is 8.38. The first kappa shape index (κ1) is 24.8. The van der Waals surface area contributed by atoms with Gasteiger partial charge < -0.3 is 45.8 Å². The monoisotopic (exact) mass is 397 g/mol. The number of nitrogens with one attached hydrogen (secondary N) is 1. The van der Waals surface area contributed by atoms with Crippen molar-refractivity contribution >= 4 is 23.6 Å². The van der Waals surface area contributed by atoms with Gasteiger partial charge in [-0.3, -0.25) is 9.59 Å². The molecular formula is C14H23NO12. The molecule has 0 aromatic heterocycles. The molecule has 0 aliphatic heterocycles. The van der Waals surface area contributed by atoms with Crippen LogP contribution < -0.4 is 5.32 Å². The number of rotatable bonds is 12. The van der Waals surface area contributed by atoms with Crippen LogP contribution in [-0.2, 0) is 23.9 Å². The molecule has 0 aromatic rings. The van der Waals surface area contributed by atoms with E-state index in [0.717, 1.165) is 6.92 Å². The fraction of sp³-hybridized carbons (Fsp3) is 0.714. The summed E-state index contributed by atoms with van der Waals surface area (Å²) in [5.74, 6) is -5.61. The van der Waals surface area contributed by atoms with Crippen molar-refractivity contribution < 1.29 is 59.7 Å². The third-order valence-corrected chi connectivity index (χ3v) is 3.37. The van der Waals surface area contributed by atoms with Gasteiger partial charge in [-0.25, -0.2) is 9.59 Å². The molecule has 0 fully saturated rings. The van der Waals surface area contributed by atoms with E-state index in [1.54, 1.807) is 0 Å². The van der Waals surface area contributed by atoms with Crippen LogP contribution in [0.5, 0.6) is 0 Å². The Morgan fingerprint density at radius 1 is 0.963 bits per heavy atom. The van der Waals surface area contributed by atoms with Crippen LogP contribution in [0.2, 0.25) is 0 Å². The number of carbonyl (C=O) groups excluding carboxylic acids is 3. The second-order valence-electron chi connectivity index (χ2n) is 5.61. The van der Waals surface area contributed by atoms with Crippen molar-refractivity contribution in [2.45, 2.75) is 49.9 Å². The molecule has 6 atom stereocenters. The number of ketones is 1. The predicted molar refractivity (Wildman–Crippen MR) is 82.9 cm³/mol. The van der Waals surface area contributed by atoms with Gasteiger partial charge in [-0.15, -0.1) is 0 Å². The van der Waals surface area contributed by atoms with Gasteiger partial charge in [0.15, 0.2) is 0 Å². The van der Waals surface area contributed by atoms with E-state index in [9.17, 15) is 39.6 Å². The van der Waals surface area contributed by atoms with Crippen molar-refractivity contribution in [3.63, 3.8) is 0 Å². The standard InChI is InChI=1S/C14H23NO12/c1-5(17)14(26)27-4-8(20)11(22)12(23)10(15-9(21)3-16)6(18)2-7(19)13(24)25/h5-6,8,10-12,16-18,20,22-23H,2-4H2,1H3,(H,15,21)(H,24,25)/t5?,6-,8+,10+,11+,12+/m0/s1. The van der Waals surface area contributed by atoms with E-state index in [4.69, 9.17) is 15.3 Å². The molecule has 0 radical (unpaired) electrons. The highest BCUT2D eigenvalue weighted by Gasteiger charge is 2.38. The van der Waals surface area contributed by atoms with Crippen LogP contribution in [0.1, 0.15) is 13.3 Å². The molecule has 13 nitrogen and oxygen atoms in total. The largest absolute Gasteiger partial charge is 0.475 e. The van der Waals surface area contributed by atoms with Crippen molar-refractivity contribution in [3.05, 3.63) is 0 Å². The first-order valence-corrected chi connectivity index (χ1v) is 7.65. The zero-order chi connectivity index (χ0) is 21.3. The van der Waals surface area contributed by atoms with E-state index in [1.807, 2.05) is 5.32 Å². The van der Waals surface area contributed by atoms with Crippen LogP contribution in [0.15, 0.2) is 0 Å². The zero-order valence-electron chi connectivity index (χ0n) is 14.3. The molecule has 0 aliphatic rings. The number of carboxylic acid groups (broad SMARTS) is 1. The molecule has 13 heteroatoms. The van der Waals surface area contributed by atoms with E-state index < -0.39 is 79.8 Å². The molecule has 27 heavy (non-hydrogen) atoms. The number of esters is 1. The number of hydrogen-bond acceptors (Lipinski definition) is 11. The fourth-order valence-electron chi connectivity index (χ4n) is 1.87. The minimum absolute atomic E-state index is 0.868. The quantitative estimate of drug-likeness (QED) is 0.114. The molecule has 0 saturated carbocycles. The molecule has 1 amide bonds. The predicted octanol–water partition coefficient (Wildman–Crippen LogP) is -5.13. The topological polar surface area (TPSA) is 231 Å². The maximum atomic E-state index is 11.3. The summed E-state index contributed by atoms with van der Waals surface area (Å²) in [6.45, 7) is -0.878. The molecule has 0 rings (SSSR count). The van der Waals surface area contributed by atoms with Crippen LogP contribution in [0, 0.1) is 0 Å². The molecule has 0 spiro atoms. The first-order valence-electron chi connectivity index (χ1n) is 7.65. The molecular weight excluding hydrogens is 374 g/mol. The Hall–Kier alpha value is -2.16. The minimum atomic E-state index is -2.16. The Labute approximate surface area is 152 Å². The Morgan fingerprint density at radius 2 is 1.52 bits per heavy atom. The van der Waals surface area contributed by atoms with Gasteiger partial charge in [0.05, 0.1) is 12.1 Å². The second-order valence-corrected chi connectivity index (χ2v) is 5.61. The van der Waals surface area contributed by atoms with Gasteiger partial charge in [0.25, 0.3) is 0 Å². The lowest BCUT2D eigenvalue weighted by molar-refractivity contribution is -0.161. The highest BCUT2D eigenvalue weighted by molar-refractivity contribution is 6.32. The van der Waals surface area contributed by atoms with Crippen molar-refractivity contribution in [2.24, 2.45) is 0 Å². The van der Waals surface area contributed by atoms with Crippen molar-refractivity contribution in [1.29, 1.82) is 0 Å². The van der Waals surface area contributed by atoms with Crippen molar-refractivity contribution in [2.75, 3.05) is 13.2 Å². The third-order valence-electron chi connectivity index (χ3n) is 3.37. The minimum Gasteiger partial charge on any atom is -0.475 e. The summed E-state index contributed by atoms with van der Waals surface area (Å²) in [5, 5.41) is 67.7. The average Bonchev–Trinajstić information content (AvgIpc) is 2.61. The Balaban J connectivity index is 5.15. The number of hydrogen-bond donors (Lipinski definition) is 8. The number of carbonyl (C=O) groups is 4. The summed E-state index contributed by atoms with van der Waals surface area (Å²) in [7, 11) is 0. The number of aliphatic hydroxyl groups is 6. The van der Waals surface area contributed by atoms with Gasteiger partial charge in [0.1, 0.15) is 37.6 Å². The van der Waals surface area contributed by atoms with Crippen LogP contribution in [0.4, 0.5) is 0 Å². The van der Waals surface area contributed by atoms with Crippen LogP contribution >= 0.6 is 0 Å².